The number of aryl methyl sites for hydroxylation is 2. The van der Waals surface area contributed by atoms with Crippen molar-refractivity contribution in [1.29, 1.82) is 0 Å². The number of hydrogen-bond acceptors (Lipinski definition) is 3. The summed E-state index contributed by atoms with van der Waals surface area (Å²) >= 11 is 0. The Hall–Kier alpha value is -2.43. The van der Waals surface area contributed by atoms with Crippen molar-refractivity contribution < 1.29 is 14.6 Å². The van der Waals surface area contributed by atoms with E-state index in [2.05, 4.69) is 12.0 Å². The zero-order chi connectivity index (χ0) is 20.5. The van der Waals surface area contributed by atoms with E-state index in [0.717, 1.165) is 41.6 Å². The van der Waals surface area contributed by atoms with E-state index in [0.29, 0.717) is 12.2 Å². The molecule has 0 aliphatic rings. The summed E-state index contributed by atoms with van der Waals surface area (Å²) in [5.74, 6) is -0.486. The van der Waals surface area contributed by atoms with Gasteiger partial charge in [0.1, 0.15) is 5.69 Å². The van der Waals surface area contributed by atoms with Crippen molar-refractivity contribution in [3.05, 3.63) is 41.5 Å². The van der Waals surface area contributed by atoms with Gasteiger partial charge in [-0.15, -0.1) is 4.68 Å². The van der Waals surface area contributed by atoms with Crippen molar-refractivity contribution in [2.75, 3.05) is 5.73 Å². The Morgan fingerprint density at radius 2 is 1.71 bits per heavy atom. The lowest BCUT2D eigenvalue weighted by atomic mass is 10.0. The van der Waals surface area contributed by atoms with Gasteiger partial charge in [-0.05, 0) is 31.4 Å². The summed E-state index contributed by atoms with van der Waals surface area (Å²) in [4.78, 5) is 11.9. The van der Waals surface area contributed by atoms with Crippen LogP contribution in [0.3, 0.4) is 0 Å². The van der Waals surface area contributed by atoms with Crippen LogP contribution in [0.25, 0.3) is 11.3 Å². The first-order chi connectivity index (χ1) is 13.5. The maximum atomic E-state index is 11.9. The van der Waals surface area contributed by atoms with Crippen LogP contribution < -0.4 is 10.4 Å². The van der Waals surface area contributed by atoms with Crippen molar-refractivity contribution in [2.24, 2.45) is 0 Å². The fourth-order valence-corrected chi connectivity index (χ4v) is 3.60. The maximum Gasteiger partial charge on any atom is 0.351 e. The van der Waals surface area contributed by atoms with Crippen LogP contribution in [0.2, 0.25) is 0 Å². The molecule has 2 rings (SSSR count). The van der Waals surface area contributed by atoms with Gasteiger partial charge in [0.25, 0.3) is 5.82 Å². The average Bonchev–Trinajstić information content (AvgIpc) is 2.65. The number of unbranched alkanes of at least 4 members (excludes halogenated alkanes) is 6. The van der Waals surface area contributed by atoms with Crippen molar-refractivity contribution in [3.8, 4) is 11.3 Å². The molecule has 0 saturated heterocycles. The highest BCUT2D eigenvalue weighted by Gasteiger charge is 2.28. The Labute approximate surface area is 168 Å². The highest BCUT2D eigenvalue weighted by atomic mass is 16.4. The lowest BCUT2D eigenvalue weighted by Gasteiger charge is -2.14. The first-order valence-corrected chi connectivity index (χ1v) is 10.4. The molecule has 1 heterocycles. The summed E-state index contributed by atoms with van der Waals surface area (Å²) in [6, 6.07) is 9.09. The molecule has 0 spiro atoms. The smallest absolute Gasteiger partial charge is 0.351 e. The van der Waals surface area contributed by atoms with Gasteiger partial charge >= 0.3 is 5.97 Å². The largest absolute Gasteiger partial charge is 0.478 e. The third-order valence-corrected chi connectivity index (χ3v) is 5.27. The standard InChI is InChI=1S/C23H33N3O2/c1-4-5-6-7-8-9-10-15-20(23(27)28)26-21(24)16-18(3)22(25-26)19-14-12-11-13-17(19)2/h11-14,16,20,24H,4-10,15H2,1-3H3,(H,27,28)/p+1. The molecule has 5 nitrogen and oxygen atoms in total. The van der Waals surface area contributed by atoms with Gasteiger partial charge in [-0.2, -0.15) is 0 Å². The molecule has 1 aromatic heterocycles. The van der Waals surface area contributed by atoms with E-state index in [9.17, 15) is 9.90 Å². The van der Waals surface area contributed by atoms with E-state index in [-0.39, 0.29) is 0 Å². The van der Waals surface area contributed by atoms with Crippen molar-refractivity contribution in [3.63, 3.8) is 0 Å². The lowest BCUT2D eigenvalue weighted by molar-refractivity contribution is -0.752. The molecule has 0 fully saturated rings. The zero-order valence-electron chi connectivity index (χ0n) is 17.4. The Bertz CT molecular complexity index is 789. The first kappa shape index (κ1) is 21.9. The SMILES string of the molecule is CCCCCCCCCC(C(=O)O)[n+]1nc(-c2ccccc2C)c(C)cc1N. The fourth-order valence-electron chi connectivity index (χ4n) is 3.60. The van der Waals surface area contributed by atoms with Gasteiger partial charge in [0, 0.05) is 18.1 Å². The van der Waals surface area contributed by atoms with E-state index in [1.54, 1.807) is 0 Å². The molecular weight excluding hydrogens is 350 g/mol. The van der Waals surface area contributed by atoms with Crippen LogP contribution in [-0.2, 0) is 4.79 Å². The first-order valence-electron chi connectivity index (χ1n) is 10.4. The third kappa shape index (κ3) is 5.78. The molecule has 3 N–H and O–H groups in total. The van der Waals surface area contributed by atoms with Crippen LogP contribution in [0.1, 0.15) is 75.5 Å². The van der Waals surface area contributed by atoms with Crippen molar-refractivity contribution in [2.45, 2.75) is 78.2 Å². The summed E-state index contributed by atoms with van der Waals surface area (Å²) in [7, 11) is 0. The Kier molecular flexibility index (Phi) is 8.42. The number of hydrogen-bond donors (Lipinski definition) is 2. The lowest BCUT2D eigenvalue weighted by Crippen LogP contribution is -2.49. The quantitative estimate of drug-likeness (QED) is 0.422. The number of rotatable bonds is 11. The molecule has 28 heavy (non-hydrogen) atoms. The Balaban J connectivity index is 2.17. The average molecular weight is 385 g/mol. The topological polar surface area (TPSA) is 80.1 Å². The zero-order valence-corrected chi connectivity index (χ0v) is 17.4. The predicted molar refractivity (Wildman–Crippen MR) is 113 cm³/mol. The minimum absolute atomic E-state index is 0.394. The number of anilines is 1. The highest BCUT2D eigenvalue weighted by molar-refractivity contribution is 5.70. The predicted octanol–water partition coefficient (Wildman–Crippen LogP) is 5.00. The van der Waals surface area contributed by atoms with Gasteiger partial charge in [-0.25, -0.2) is 4.79 Å². The molecule has 152 valence electrons. The number of carbonyl (C=O) groups is 1. The Morgan fingerprint density at radius 1 is 1.07 bits per heavy atom. The van der Waals surface area contributed by atoms with E-state index >= 15 is 0 Å². The van der Waals surface area contributed by atoms with Crippen LogP contribution in [0.15, 0.2) is 30.3 Å². The molecule has 0 amide bonds. The van der Waals surface area contributed by atoms with Gasteiger partial charge < -0.3 is 5.11 Å². The van der Waals surface area contributed by atoms with Gasteiger partial charge in [-0.3, -0.25) is 5.73 Å². The molecule has 0 aliphatic carbocycles. The van der Waals surface area contributed by atoms with E-state index < -0.39 is 12.0 Å². The normalized spacial score (nSPS) is 12.1. The highest BCUT2D eigenvalue weighted by Crippen LogP contribution is 2.25. The maximum absolute atomic E-state index is 11.9. The number of aliphatic carboxylic acids is 1. The van der Waals surface area contributed by atoms with Crippen LogP contribution >= 0.6 is 0 Å². The number of aromatic nitrogens is 2. The number of benzene rings is 1. The minimum Gasteiger partial charge on any atom is -0.478 e. The van der Waals surface area contributed by atoms with Gasteiger partial charge in [0.15, 0.2) is 0 Å². The monoisotopic (exact) mass is 384 g/mol. The molecule has 1 aromatic carbocycles. The van der Waals surface area contributed by atoms with E-state index in [1.807, 2.05) is 44.2 Å². The summed E-state index contributed by atoms with van der Waals surface area (Å²) in [6.07, 6.45) is 8.61. The van der Waals surface area contributed by atoms with Crippen LogP contribution in [0, 0.1) is 13.8 Å². The molecule has 0 saturated carbocycles. The summed E-state index contributed by atoms with van der Waals surface area (Å²) in [5, 5.41) is 14.5. The second kappa shape index (κ2) is 10.8. The van der Waals surface area contributed by atoms with Crippen molar-refractivity contribution in [1.82, 2.24) is 5.10 Å². The third-order valence-electron chi connectivity index (χ3n) is 5.27. The number of carboxylic acids is 1. The van der Waals surface area contributed by atoms with Crippen molar-refractivity contribution >= 4 is 11.8 Å². The molecule has 0 bridgehead atoms. The number of nitrogens with two attached hydrogens (primary N) is 1. The second-order valence-electron chi connectivity index (χ2n) is 7.62. The fraction of sp³-hybridized carbons (Fsp3) is 0.522. The summed E-state index contributed by atoms with van der Waals surface area (Å²) < 4.78 is 1.49. The van der Waals surface area contributed by atoms with Crippen LogP contribution in [-0.4, -0.2) is 16.2 Å². The molecule has 1 unspecified atom stereocenters. The van der Waals surface area contributed by atoms with Gasteiger partial charge in [-0.1, -0.05) is 74.8 Å². The van der Waals surface area contributed by atoms with Gasteiger partial charge in [0.05, 0.1) is 0 Å². The summed E-state index contributed by atoms with van der Waals surface area (Å²) in [6.45, 7) is 6.20. The minimum atomic E-state index is -0.880. The summed E-state index contributed by atoms with van der Waals surface area (Å²) in [5.41, 5.74) is 10.0. The molecular formula is C23H34N3O2+. The number of nitrogens with zero attached hydrogens (tertiary/aromatic N) is 2. The van der Waals surface area contributed by atoms with E-state index in [1.165, 1.54) is 30.4 Å². The molecule has 2 aromatic rings. The molecule has 0 aliphatic heterocycles. The molecule has 5 heteroatoms. The Morgan fingerprint density at radius 3 is 2.36 bits per heavy atom. The van der Waals surface area contributed by atoms with E-state index in [4.69, 9.17) is 5.73 Å². The molecule has 0 radical (unpaired) electrons. The molecule has 1 atom stereocenters. The second-order valence-corrected chi connectivity index (χ2v) is 7.62. The number of carboxylic acid groups (broad SMARTS) is 1. The number of nitrogen functional groups attached to an aromatic ring is 1. The van der Waals surface area contributed by atoms with Crippen LogP contribution in [0.4, 0.5) is 5.82 Å². The van der Waals surface area contributed by atoms with Gasteiger partial charge in [0.2, 0.25) is 6.04 Å². The van der Waals surface area contributed by atoms with Crippen LogP contribution in [0.5, 0.6) is 0 Å².